The molecule has 0 saturated heterocycles. The number of carbonyl (C=O) groups is 1. The number of rotatable bonds is 3. The van der Waals surface area contributed by atoms with Crippen molar-refractivity contribution >= 4 is 55.1 Å². The Kier molecular flexibility index (Phi) is 3.85. The number of carbonyl (C=O) groups excluding carboxylic acids is 1. The molecule has 5 rings (SSSR count). The number of H-pyrrole nitrogens is 1. The number of hydrogen-bond acceptors (Lipinski definition) is 4. The summed E-state index contributed by atoms with van der Waals surface area (Å²) in [4.78, 5) is 16.2. The van der Waals surface area contributed by atoms with Crippen LogP contribution in [0.3, 0.4) is 0 Å². The Morgan fingerprint density at radius 3 is 2.86 bits per heavy atom. The second-order valence-electron chi connectivity index (χ2n) is 6.52. The first-order valence-corrected chi connectivity index (χ1v) is 9.49. The lowest BCUT2D eigenvalue weighted by molar-refractivity contribution is -0.117. The first-order chi connectivity index (χ1) is 13.4. The molecule has 5 nitrogen and oxygen atoms in total. The summed E-state index contributed by atoms with van der Waals surface area (Å²) in [6.45, 7) is 0. The van der Waals surface area contributed by atoms with Crippen molar-refractivity contribution in [1.82, 2.24) is 15.2 Å². The van der Waals surface area contributed by atoms with Gasteiger partial charge in [-0.1, -0.05) is 29.0 Å². The van der Waals surface area contributed by atoms with E-state index in [1.165, 1.54) is 17.5 Å². The van der Waals surface area contributed by atoms with Crippen LogP contribution in [0, 0.1) is 17.6 Å². The topological polar surface area (TPSA) is 70.7 Å². The number of hydrogen-bond donors (Lipinski definition) is 2. The first-order valence-electron chi connectivity index (χ1n) is 8.29. The van der Waals surface area contributed by atoms with Gasteiger partial charge in [-0.2, -0.15) is 5.10 Å². The second kappa shape index (κ2) is 6.18. The van der Waals surface area contributed by atoms with E-state index < -0.39 is 29.6 Å². The van der Waals surface area contributed by atoms with Gasteiger partial charge in [0.25, 0.3) is 0 Å². The molecule has 0 radical (unpaired) electrons. The number of nitrogens with zero attached hydrogens (tertiary/aromatic N) is 2. The predicted octanol–water partition coefficient (Wildman–Crippen LogP) is 5.07. The van der Waals surface area contributed by atoms with E-state index in [9.17, 15) is 18.0 Å². The van der Waals surface area contributed by atoms with Gasteiger partial charge in [0.2, 0.25) is 5.91 Å². The van der Waals surface area contributed by atoms with Crippen molar-refractivity contribution in [1.29, 1.82) is 0 Å². The second-order valence-corrected chi connectivity index (χ2v) is 7.93. The van der Waals surface area contributed by atoms with Crippen molar-refractivity contribution in [2.75, 3.05) is 5.32 Å². The number of aromatic nitrogens is 3. The molecule has 28 heavy (non-hydrogen) atoms. The van der Waals surface area contributed by atoms with E-state index >= 15 is 0 Å². The summed E-state index contributed by atoms with van der Waals surface area (Å²) < 4.78 is 42.0. The molecule has 0 unspecified atom stereocenters. The van der Waals surface area contributed by atoms with Crippen LogP contribution in [0.2, 0.25) is 5.02 Å². The number of amides is 1. The van der Waals surface area contributed by atoms with Crippen LogP contribution in [0.15, 0.2) is 24.4 Å². The highest BCUT2D eigenvalue weighted by atomic mass is 35.5. The molecule has 2 aromatic heterocycles. The molecule has 2 heterocycles. The zero-order valence-electron chi connectivity index (χ0n) is 13.9. The monoisotopic (exact) mass is 422 g/mol. The average Bonchev–Trinajstić information content (AvgIpc) is 3.06. The lowest BCUT2D eigenvalue weighted by Gasteiger charge is -2.08. The SMILES string of the molecule is O=C(Nc1nc2ccc(-c3c(Cl)c(F)c(F)c4[nH]ncc34)cc2s1)[C@@H]1C[C@@H]1F. The van der Waals surface area contributed by atoms with E-state index in [0.29, 0.717) is 31.9 Å². The van der Waals surface area contributed by atoms with Gasteiger partial charge in [-0.15, -0.1) is 0 Å². The van der Waals surface area contributed by atoms with Gasteiger partial charge >= 0.3 is 0 Å². The number of halogens is 4. The van der Waals surface area contributed by atoms with Gasteiger partial charge in [-0.3, -0.25) is 9.89 Å². The van der Waals surface area contributed by atoms with Crippen molar-refractivity contribution in [2.24, 2.45) is 5.92 Å². The lowest BCUT2D eigenvalue weighted by atomic mass is 10.0. The zero-order valence-corrected chi connectivity index (χ0v) is 15.5. The van der Waals surface area contributed by atoms with Crippen LogP contribution in [0.25, 0.3) is 32.2 Å². The van der Waals surface area contributed by atoms with Crippen molar-refractivity contribution < 1.29 is 18.0 Å². The Balaban J connectivity index is 1.58. The maximum absolute atomic E-state index is 14.2. The number of anilines is 1. The molecule has 10 heteroatoms. The van der Waals surface area contributed by atoms with Crippen molar-refractivity contribution in [3.63, 3.8) is 0 Å². The first kappa shape index (κ1) is 17.4. The number of aromatic amines is 1. The Labute approximate surface area is 164 Å². The van der Waals surface area contributed by atoms with Crippen LogP contribution in [-0.2, 0) is 4.79 Å². The van der Waals surface area contributed by atoms with E-state index in [1.54, 1.807) is 18.2 Å². The number of nitrogens with one attached hydrogen (secondary N) is 2. The third-order valence-electron chi connectivity index (χ3n) is 4.69. The van der Waals surface area contributed by atoms with Crippen molar-refractivity contribution in [2.45, 2.75) is 12.6 Å². The molecule has 1 saturated carbocycles. The third-order valence-corrected chi connectivity index (χ3v) is 5.98. The largest absolute Gasteiger partial charge is 0.302 e. The fraction of sp³-hybridized carbons (Fsp3) is 0.167. The number of alkyl halides is 1. The molecule has 4 aromatic rings. The van der Waals surface area contributed by atoms with Crippen LogP contribution in [0.4, 0.5) is 18.3 Å². The van der Waals surface area contributed by atoms with Crippen LogP contribution >= 0.6 is 22.9 Å². The molecule has 1 aliphatic rings. The van der Waals surface area contributed by atoms with E-state index in [1.807, 2.05) is 0 Å². The molecule has 0 aliphatic heterocycles. The fourth-order valence-corrected chi connectivity index (χ4v) is 4.33. The van der Waals surface area contributed by atoms with Gasteiger partial charge in [0.05, 0.1) is 27.4 Å². The van der Waals surface area contributed by atoms with Crippen LogP contribution in [0.1, 0.15) is 6.42 Å². The number of fused-ring (bicyclic) bond motifs is 2. The standard InChI is InChI=1S/C18H10ClF3N4OS/c19-13-12(8-5-23-26-16(8)15(22)14(13)21)6-1-2-10-11(3-6)28-18(24-10)25-17(27)7-4-9(7)20/h1-3,5,7,9H,4H2,(H,23,26)(H,24,25,27)/t7-,9+/m1/s1. The fourth-order valence-electron chi connectivity index (χ4n) is 3.13. The Bertz CT molecular complexity index is 1270. The summed E-state index contributed by atoms with van der Waals surface area (Å²) in [7, 11) is 0. The van der Waals surface area contributed by atoms with Crippen LogP contribution in [0.5, 0.6) is 0 Å². The maximum atomic E-state index is 14.2. The molecule has 0 bridgehead atoms. The predicted molar refractivity (Wildman–Crippen MR) is 101 cm³/mol. The van der Waals surface area contributed by atoms with Gasteiger partial charge in [0.15, 0.2) is 16.8 Å². The van der Waals surface area contributed by atoms with Crippen molar-refractivity contribution in [3.05, 3.63) is 41.1 Å². The lowest BCUT2D eigenvalue weighted by Crippen LogP contribution is -2.14. The summed E-state index contributed by atoms with van der Waals surface area (Å²) in [6.07, 6.45) is 0.523. The van der Waals surface area contributed by atoms with E-state index in [4.69, 9.17) is 11.6 Å². The molecule has 1 aliphatic carbocycles. The summed E-state index contributed by atoms with van der Waals surface area (Å²) in [5.41, 5.74) is 1.40. The molecule has 0 spiro atoms. The van der Waals surface area contributed by atoms with Crippen molar-refractivity contribution in [3.8, 4) is 11.1 Å². The van der Waals surface area contributed by atoms with Gasteiger partial charge in [-0.25, -0.2) is 18.2 Å². The Morgan fingerprint density at radius 1 is 1.32 bits per heavy atom. The molecule has 142 valence electrons. The van der Waals surface area contributed by atoms with Gasteiger partial charge in [0.1, 0.15) is 11.7 Å². The highest BCUT2D eigenvalue weighted by Crippen LogP contribution is 2.40. The normalized spacial score (nSPS) is 18.7. The summed E-state index contributed by atoms with van der Waals surface area (Å²) in [6, 6.07) is 5.09. The quantitative estimate of drug-likeness (QED) is 0.453. The van der Waals surface area contributed by atoms with E-state index in [0.717, 1.165) is 0 Å². The summed E-state index contributed by atoms with van der Waals surface area (Å²) >= 11 is 7.29. The molecule has 1 amide bonds. The number of thiazole rings is 1. The Morgan fingerprint density at radius 2 is 2.11 bits per heavy atom. The average molecular weight is 423 g/mol. The van der Waals surface area contributed by atoms with Crippen LogP contribution in [-0.4, -0.2) is 27.3 Å². The smallest absolute Gasteiger partial charge is 0.232 e. The van der Waals surface area contributed by atoms with E-state index in [2.05, 4.69) is 20.5 Å². The van der Waals surface area contributed by atoms with Crippen LogP contribution < -0.4 is 5.32 Å². The minimum atomic E-state index is -1.16. The number of benzene rings is 2. The highest BCUT2D eigenvalue weighted by Gasteiger charge is 2.43. The third kappa shape index (κ3) is 2.65. The molecule has 2 atom stereocenters. The molecular formula is C18H10ClF3N4OS. The van der Waals surface area contributed by atoms with E-state index in [-0.39, 0.29) is 17.0 Å². The highest BCUT2D eigenvalue weighted by molar-refractivity contribution is 7.22. The molecule has 1 fully saturated rings. The molecular weight excluding hydrogens is 413 g/mol. The molecule has 2 aromatic carbocycles. The summed E-state index contributed by atoms with van der Waals surface area (Å²) in [5, 5.41) is 9.19. The minimum absolute atomic E-state index is 0.0699. The molecule has 2 N–H and O–H groups in total. The maximum Gasteiger partial charge on any atom is 0.232 e. The van der Waals surface area contributed by atoms with Gasteiger partial charge in [-0.05, 0) is 24.1 Å². The van der Waals surface area contributed by atoms with Gasteiger partial charge in [0, 0.05) is 10.9 Å². The Hall–Kier alpha value is -2.65. The van der Waals surface area contributed by atoms with Gasteiger partial charge < -0.3 is 5.32 Å². The minimum Gasteiger partial charge on any atom is -0.302 e. The zero-order chi connectivity index (χ0) is 19.6. The summed E-state index contributed by atoms with van der Waals surface area (Å²) in [5.74, 6) is -3.25.